The highest BCUT2D eigenvalue weighted by Crippen LogP contribution is 2.48. The lowest BCUT2D eigenvalue weighted by Crippen LogP contribution is -2.44. The van der Waals surface area contributed by atoms with Crippen LogP contribution in [0.25, 0.3) is 0 Å². The predicted molar refractivity (Wildman–Crippen MR) is 86.4 cm³/mol. The van der Waals surface area contributed by atoms with Gasteiger partial charge in [-0.3, -0.25) is 0 Å². The molecule has 1 saturated heterocycles. The van der Waals surface area contributed by atoms with Gasteiger partial charge in [-0.05, 0) is 68.5 Å². The molecule has 0 amide bonds. The van der Waals surface area contributed by atoms with E-state index in [0.717, 1.165) is 42.7 Å². The smallest absolute Gasteiger partial charge is 0.128 e. The van der Waals surface area contributed by atoms with E-state index in [0.29, 0.717) is 0 Å². The van der Waals surface area contributed by atoms with E-state index in [1.54, 1.807) is 0 Å². The molecule has 0 spiro atoms. The molecule has 0 radical (unpaired) electrons. The molecule has 1 N–H and O–H groups in total. The first-order valence-electron chi connectivity index (χ1n) is 8.78. The molecule has 3 aliphatic rings. The zero-order chi connectivity index (χ0) is 14.1. The Morgan fingerprint density at radius 3 is 2.67 bits per heavy atom. The SMILES string of the molecule is c1ccc(N2CCC(NCC3CC4CCC3C4)CC2)nc1. The molecule has 1 aromatic rings. The lowest BCUT2D eigenvalue weighted by Gasteiger charge is -2.34. The van der Waals surface area contributed by atoms with Gasteiger partial charge in [-0.1, -0.05) is 12.5 Å². The average molecular weight is 285 g/mol. The zero-order valence-corrected chi connectivity index (χ0v) is 12.9. The van der Waals surface area contributed by atoms with Crippen molar-refractivity contribution >= 4 is 5.82 Å². The molecule has 114 valence electrons. The summed E-state index contributed by atoms with van der Waals surface area (Å²) >= 11 is 0. The standard InChI is InChI=1S/C18H27N3/c1-2-8-19-18(3-1)21-9-6-17(7-10-21)20-13-16-12-14-4-5-15(16)11-14/h1-3,8,14-17,20H,4-7,9-13H2. The molecule has 3 fully saturated rings. The summed E-state index contributed by atoms with van der Waals surface area (Å²) in [6.45, 7) is 3.56. The number of pyridine rings is 1. The third-order valence-electron chi connectivity index (χ3n) is 6.02. The summed E-state index contributed by atoms with van der Waals surface area (Å²) in [5.74, 6) is 4.26. The van der Waals surface area contributed by atoms with Crippen LogP contribution in [0.2, 0.25) is 0 Å². The van der Waals surface area contributed by atoms with Crippen LogP contribution in [0, 0.1) is 17.8 Å². The maximum absolute atomic E-state index is 4.47. The van der Waals surface area contributed by atoms with Crippen molar-refractivity contribution in [2.45, 2.75) is 44.6 Å². The Kier molecular flexibility index (Phi) is 3.85. The first-order valence-corrected chi connectivity index (χ1v) is 8.78. The fourth-order valence-electron chi connectivity index (χ4n) is 4.80. The number of hydrogen-bond acceptors (Lipinski definition) is 3. The second-order valence-corrected chi connectivity index (χ2v) is 7.29. The van der Waals surface area contributed by atoms with Gasteiger partial charge < -0.3 is 10.2 Å². The van der Waals surface area contributed by atoms with Gasteiger partial charge >= 0.3 is 0 Å². The molecule has 21 heavy (non-hydrogen) atoms. The van der Waals surface area contributed by atoms with Gasteiger partial charge in [0.2, 0.25) is 0 Å². The minimum Gasteiger partial charge on any atom is -0.357 e. The van der Waals surface area contributed by atoms with Gasteiger partial charge in [-0.2, -0.15) is 0 Å². The Bertz CT molecular complexity index is 453. The summed E-state index contributed by atoms with van der Waals surface area (Å²) < 4.78 is 0. The second-order valence-electron chi connectivity index (χ2n) is 7.29. The van der Waals surface area contributed by atoms with Crippen LogP contribution in [-0.4, -0.2) is 30.7 Å². The van der Waals surface area contributed by atoms with Crippen molar-refractivity contribution in [3.05, 3.63) is 24.4 Å². The summed E-state index contributed by atoms with van der Waals surface area (Å²) in [6.07, 6.45) is 10.5. The number of fused-ring (bicyclic) bond motifs is 2. The molecule has 3 heteroatoms. The van der Waals surface area contributed by atoms with Gasteiger partial charge in [0.05, 0.1) is 0 Å². The van der Waals surface area contributed by atoms with Gasteiger partial charge in [0, 0.05) is 25.3 Å². The maximum atomic E-state index is 4.47. The van der Waals surface area contributed by atoms with E-state index in [4.69, 9.17) is 0 Å². The molecule has 2 aliphatic carbocycles. The van der Waals surface area contributed by atoms with E-state index in [1.807, 2.05) is 12.3 Å². The van der Waals surface area contributed by atoms with Crippen molar-refractivity contribution in [1.82, 2.24) is 10.3 Å². The minimum atomic E-state index is 0.726. The Morgan fingerprint density at radius 2 is 2.00 bits per heavy atom. The third-order valence-corrected chi connectivity index (χ3v) is 6.02. The third kappa shape index (κ3) is 2.94. The van der Waals surface area contributed by atoms with Crippen LogP contribution in [0.3, 0.4) is 0 Å². The van der Waals surface area contributed by atoms with E-state index >= 15 is 0 Å². The number of nitrogens with zero attached hydrogens (tertiary/aromatic N) is 2. The van der Waals surface area contributed by atoms with Crippen LogP contribution >= 0.6 is 0 Å². The van der Waals surface area contributed by atoms with Crippen molar-refractivity contribution in [1.29, 1.82) is 0 Å². The predicted octanol–water partition coefficient (Wildman–Crippen LogP) is 3.08. The van der Waals surface area contributed by atoms with Gasteiger partial charge in [-0.15, -0.1) is 0 Å². The molecule has 2 saturated carbocycles. The van der Waals surface area contributed by atoms with E-state index in [1.165, 1.54) is 45.1 Å². The maximum Gasteiger partial charge on any atom is 0.128 e. The number of rotatable bonds is 4. The lowest BCUT2D eigenvalue weighted by atomic mass is 9.88. The molecule has 3 atom stereocenters. The van der Waals surface area contributed by atoms with Crippen molar-refractivity contribution in [3.63, 3.8) is 0 Å². The molecule has 4 rings (SSSR count). The number of hydrogen-bond donors (Lipinski definition) is 1. The second kappa shape index (κ2) is 5.96. The molecular formula is C18H27N3. The quantitative estimate of drug-likeness (QED) is 0.921. The summed E-state index contributed by atoms with van der Waals surface area (Å²) in [4.78, 5) is 6.89. The largest absolute Gasteiger partial charge is 0.357 e. The number of anilines is 1. The first-order chi connectivity index (χ1) is 10.4. The van der Waals surface area contributed by atoms with Crippen molar-refractivity contribution in [3.8, 4) is 0 Å². The first kappa shape index (κ1) is 13.6. The lowest BCUT2D eigenvalue weighted by molar-refractivity contribution is 0.293. The van der Waals surface area contributed by atoms with Crippen molar-refractivity contribution in [2.75, 3.05) is 24.5 Å². The summed E-state index contributed by atoms with van der Waals surface area (Å²) in [7, 11) is 0. The van der Waals surface area contributed by atoms with Gasteiger partial charge in [0.25, 0.3) is 0 Å². The Morgan fingerprint density at radius 1 is 1.10 bits per heavy atom. The Balaban J connectivity index is 1.23. The normalized spacial score (nSPS) is 32.8. The van der Waals surface area contributed by atoms with Crippen LogP contribution in [0.1, 0.15) is 38.5 Å². The minimum absolute atomic E-state index is 0.726. The van der Waals surface area contributed by atoms with Crippen LogP contribution < -0.4 is 10.2 Å². The molecule has 1 aliphatic heterocycles. The number of aromatic nitrogens is 1. The molecule has 2 bridgehead atoms. The Labute approximate surface area is 128 Å². The van der Waals surface area contributed by atoms with E-state index in [-0.39, 0.29) is 0 Å². The van der Waals surface area contributed by atoms with E-state index < -0.39 is 0 Å². The summed E-state index contributed by atoms with van der Waals surface area (Å²) in [5, 5.41) is 3.87. The topological polar surface area (TPSA) is 28.2 Å². The highest BCUT2D eigenvalue weighted by molar-refractivity contribution is 5.38. The number of piperidine rings is 1. The van der Waals surface area contributed by atoms with Gasteiger partial charge in [0.1, 0.15) is 5.82 Å². The highest BCUT2D eigenvalue weighted by atomic mass is 15.2. The van der Waals surface area contributed by atoms with Crippen LogP contribution in [0.4, 0.5) is 5.82 Å². The molecular weight excluding hydrogens is 258 g/mol. The van der Waals surface area contributed by atoms with Gasteiger partial charge in [0.15, 0.2) is 0 Å². The van der Waals surface area contributed by atoms with Crippen LogP contribution in [0.15, 0.2) is 24.4 Å². The van der Waals surface area contributed by atoms with E-state index in [2.05, 4.69) is 27.3 Å². The molecule has 0 aromatic carbocycles. The molecule has 1 aromatic heterocycles. The molecule has 2 heterocycles. The Hall–Kier alpha value is -1.09. The zero-order valence-electron chi connectivity index (χ0n) is 12.9. The molecule has 3 unspecified atom stereocenters. The monoisotopic (exact) mass is 285 g/mol. The van der Waals surface area contributed by atoms with Crippen molar-refractivity contribution in [2.24, 2.45) is 17.8 Å². The summed E-state index contributed by atoms with van der Waals surface area (Å²) in [6, 6.07) is 6.93. The highest BCUT2D eigenvalue weighted by Gasteiger charge is 2.39. The fourth-order valence-corrected chi connectivity index (χ4v) is 4.80. The van der Waals surface area contributed by atoms with Gasteiger partial charge in [-0.25, -0.2) is 4.98 Å². The van der Waals surface area contributed by atoms with Crippen LogP contribution in [-0.2, 0) is 0 Å². The van der Waals surface area contributed by atoms with Crippen molar-refractivity contribution < 1.29 is 0 Å². The van der Waals surface area contributed by atoms with Crippen LogP contribution in [0.5, 0.6) is 0 Å². The average Bonchev–Trinajstić information content (AvgIpc) is 3.17. The molecule has 3 nitrogen and oxygen atoms in total. The summed E-state index contributed by atoms with van der Waals surface area (Å²) in [5.41, 5.74) is 0. The fraction of sp³-hybridized carbons (Fsp3) is 0.722. The number of nitrogens with one attached hydrogen (secondary N) is 1. The van der Waals surface area contributed by atoms with E-state index in [9.17, 15) is 0 Å².